The summed E-state index contributed by atoms with van der Waals surface area (Å²) < 4.78 is 5.05. The Labute approximate surface area is 274 Å². The minimum Gasteiger partial charge on any atom is -0.383 e. The van der Waals surface area contributed by atoms with Crippen LogP contribution in [0.2, 0.25) is 0 Å². The molecule has 0 saturated heterocycles. The summed E-state index contributed by atoms with van der Waals surface area (Å²) in [5.74, 6) is 2.39. The van der Waals surface area contributed by atoms with Crippen molar-refractivity contribution in [3.05, 3.63) is 160 Å². The molecule has 46 heavy (non-hydrogen) atoms. The topological polar surface area (TPSA) is 50.7 Å². The summed E-state index contributed by atoms with van der Waals surface area (Å²) in [5.41, 5.74) is 19.2. The Balaban J connectivity index is 1.06. The van der Waals surface area contributed by atoms with E-state index in [1.807, 2.05) is 0 Å². The number of amidine groups is 2. The van der Waals surface area contributed by atoms with Gasteiger partial charge in [-0.3, -0.25) is 0 Å². The van der Waals surface area contributed by atoms with E-state index in [0.29, 0.717) is 23.5 Å². The second-order valence-electron chi connectivity index (χ2n) is 12.8. The molecule has 1 saturated carbocycles. The molecule has 0 radical (unpaired) electrons. The van der Waals surface area contributed by atoms with E-state index in [-0.39, 0.29) is 0 Å². The Hall–Kier alpha value is -4.93. The number of benzene rings is 5. The van der Waals surface area contributed by atoms with Crippen molar-refractivity contribution in [1.82, 2.24) is 0 Å². The minimum absolute atomic E-state index is 0.467. The van der Waals surface area contributed by atoms with Crippen molar-refractivity contribution in [2.24, 2.45) is 27.0 Å². The summed E-state index contributed by atoms with van der Waals surface area (Å²) in [6, 6.07) is 34.9. The lowest BCUT2D eigenvalue weighted by Crippen LogP contribution is -2.16. The van der Waals surface area contributed by atoms with Gasteiger partial charge in [0.1, 0.15) is 5.84 Å². The first-order valence-electron chi connectivity index (χ1n) is 16.2. The molecule has 5 aromatic rings. The van der Waals surface area contributed by atoms with Gasteiger partial charge in [-0.25, -0.2) is 4.99 Å². The number of hydrogen-bond acceptors (Lipinski definition) is 2. The predicted octanol–water partition coefficient (Wildman–Crippen LogP) is 9.93. The fourth-order valence-electron chi connectivity index (χ4n) is 7.25. The predicted molar refractivity (Wildman–Crippen MR) is 195 cm³/mol. The zero-order valence-electron chi connectivity index (χ0n) is 25.5. The number of aryl methyl sites for hydroxylation is 1. The molecule has 0 aliphatic heterocycles. The smallest absolute Gasteiger partial charge is 0.169 e. The fourth-order valence-corrected chi connectivity index (χ4v) is 8.14. The Morgan fingerprint density at radius 2 is 1.63 bits per heavy atom. The number of fused-ring (bicyclic) bond motifs is 6. The van der Waals surface area contributed by atoms with E-state index in [0.717, 1.165) is 36.0 Å². The maximum atomic E-state index is 6.74. The third kappa shape index (κ3) is 4.94. The average molecular weight is 612 g/mol. The van der Waals surface area contributed by atoms with Crippen LogP contribution in [0.3, 0.4) is 0 Å². The molecule has 2 unspecified atom stereocenters. The number of rotatable bonds is 5. The van der Waals surface area contributed by atoms with Gasteiger partial charge < -0.3 is 5.73 Å². The van der Waals surface area contributed by atoms with Gasteiger partial charge in [0.2, 0.25) is 0 Å². The van der Waals surface area contributed by atoms with Crippen LogP contribution in [0.15, 0.2) is 136 Å². The summed E-state index contributed by atoms with van der Waals surface area (Å²) >= 11 is 1.55. The lowest BCUT2D eigenvalue weighted by molar-refractivity contribution is 0.965. The number of allylic oxidation sites excluding steroid dienone is 5. The number of nitrogens with zero attached hydrogens (tertiary/aromatic N) is 2. The van der Waals surface area contributed by atoms with E-state index in [9.17, 15) is 0 Å². The highest BCUT2D eigenvalue weighted by molar-refractivity contribution is 8.02. The van der Waals surface area contributed by atoms with E-state index >= 15 is 0 Å². The van der Waals surface area contributed by atoms with Crippen molar-refractivity contribution in [3.63, 3.8) is 0 Å². The largest absolute Gasteiger partial charge is 0.383 e. The van der Waals surface area contributed by atoms with Crippen LogP contribution >= 0.6 is 11.9 Å². The van der Waals surface area contributed by atoms with Crippen LogP contribution in [-0.4, -0.2) is 11.7 Å². The van der Waals surface area contributed by atoms with Gasteiger partial charge in [0.05, 0.1) is 0 Å². The molecule has 2 N–H and O–H groups in total. The lowest BCUT2D eigenvalue weighted by atomic mass is 9.92. The minimum atomic E-state index is 0.467. The Kier molecular flexibility index (Phi) is 6.64. The molecule has 5 aromatic carbocycles. The SMILES string of the molecule is NC(=NC(=NSC1=CC=CC2CC12)c1ccc2c(c1)Cc1cc3c(cc1-2)CCC=C3)c1ccc(-c2cccc3ccccc23)cc1. The molecule has 4 aliphatic carbocycles. The Bertz CT molecular complexity index is 2190. The van der Waals surface area contributed by atoms with Gasteiger partial charge in [0, 0.05) is 28.0 Å². The molecule has 0 heterocycles. The van der Waals surface area contributed by atoms with Crippen LogP contribution in [0.5, 0.6) is 0 Å². The van der Waals surface area contributed by atoms with Gasteiger partial charge in [-0.05, 0) is 98.9 Å². The molecule has 1 fully saturated rings. The van der Waals surface area contributed by atoms with E-state index in [4.69, 9.17) is 15.1 Å². The molecule has 0 bridgehead atoms. The van der Waals surface area contributed by atoms with Crippen LogP contribution in [0, 0.1) is 11.8 Å². The molecule has 0 aromatic heterocycles. The van der Waals surface area contributed by atoms with E-state index in [2.05, 4.69) is 127 Å². The van der Waals surface area contributed by atoms with Crippen molar-refractivity contribution >= 4 is 40.5 Å². The van der Waals surface area contributed by atoms with Crippen LogP contribution < -0.4 is 5.73 Å². The first kappa shape index (κ1) is 27.4. The molecule has 3 nitrogen and oxygen atoms in total. The first-order valence-corrected chi connectivity index (χ1v) is 17.0. The second kappa shape index (κ2) is 11.1. The molecular weight excluding hydrogens is 579 g/mol. The number of nitrogens with two attached hydrogens (primary N) is 1. The molecule has 2 atom stereocenters. The Morgan fingerprint density at radius 3 is 2.57 bits per heavy atom. The molecular formula is C42H33N3S. The Morgan fingerprint density at radius 1 is 0.783 bits per heavy atom. The molecule has 222 valence electrons. The van der Waals surface area contributed by atoms with Crippen molar-refractivity contribution < 1.29 is 0 Å². The van der Waals surface area contributed by atoms with Gasteiger partial charge in [-0.15, -0.1) is 0 Å². The standard InChI is InChI=1S/C42H33N3S/c43-41(28-17-15-27(16-18-28)36-13-5-10-26-7-3-4-12-35(26)36)44-42(45-46-40-14-6-11-31-25-39(31)40)32-19-20-37-33(22-32)23-34-21-29-8-1-2-9-30(29)24-38(34)37/h1,3-8,10-22,24,31,39H,2,9,23,25H2,(H2,43,44,45). The summed E-state index contributed by atoms with van der Waals surface area (Å²) in [5, 5.41) is 2.48. The van der Waals surface area contributed by atoms with Gasteiger partial charge >= 0.3 is 0 Å². The third-order valence-corrected chi connectivity index (χ3v) is 10.8. The summed E-state index contributed by atoms with van der Waals surface area (Å²) in [6.07, 6.45) is 15.6. The van der Waals surface area contributed by atoms with Crippen molar-refractivity contribution in [1.29, 1.82) is 0 Å². The van der Waals surface area contributed by atoms with Gasteiger partial charge in [0.15, 0.2) is 5.84 Å². The number of aliphatic imine (C=N–C) groups is 1. The quantitative estimate of drug-likeness (QED) is 0.120. The molecule has 9 rings (SSSR count). The van der Waals surface area contributed by atoms with Crippen LogP contribution in [0.25, 0.3) is 39.1 Å². The highest BCUT2D eigenvalue weighted by Crippen LogP contribution is 2.51. The van der Waals surface area contributed by atoms with Gasteiger partial charge in [-0.2, -0.15) is 4.40 Å². The van der Waals surface area contributed by atoms with E-state index in [1.165, 1.54) is 61.0 Å². The fraction of sp³-hybridized carbons (Fsp3) is 0.143. The maximum Gasteiger partial charge on any atom is 0.169 e. The summed E-state index contributed by atoms with van der Waals surface area (Å²) in [4.78, 5) is 6.31. The van der Waals surface area contributed by atoms with Gasteiger partial charge in [0.25, 0.3) is 0 Å². The monoisotopic (exact) mass is 611 g/mol. The maximum absolute atomic E-state index is 6.74. The molecule has 0 spiro atoms. The first-order chi connectivity index (χ1) is 22.7. The lowest BCUT2D eigenvalue weighted by Gasteiger charge is -2.13. The summed E-state index contributed by atoms with van der Waals surface area (Å²) in [7, 11) is 0. The van der Waals surface area contributed by atoms with Crippen LogP contribution in [0.1, 0.15) is 46.2 Å². The molecule has 4 heteroatoms. The normalized spacial score (nSPS) is 19.3. The highest BCUT2D eigenvalue weighted by atomic mass is 32.2. The molecule has 0 amide bonds. The average Bonchev–Trinajstić information content (AvgIpc) is 3.83. The summed E-state index contributed by atoms with van der Waals surface area (Å²) in [6.45, 7) is 0. The zero-order valence-corrected chi connectivity index (χ0v) is 26.3. The van der Waals surface area contributed by atoms with Crippen molar-refractivity contribution in [2.45, 2.75) is 25.7 Å². The number of hydrogen-bond donors (Lipinski definition) is 1. The van der Waals surface area contributed by atoms with Crippen molar-refractivity contribution in [3.8, 4) is 22.3 Å². The third-order valence-electron chi connectivity index (χ3n) is 9.85. The zero-order chi connectivity index (χ0) is 30.6. The van der Waals surface area contributed by atoms with E-state index < -0.39 is 0 Å². The van der Waals surface area contributed by atoms with E-state index in [1.54, 1.807) is 11.9 Å². The van der Waals surface area contributed by atoms with Crippen molar-refractivity contribution in [2.75, 3.05) is 0 Å². The second-order valence-corrected chi connectivity index (χ2v) is 13.6. The van der Waals surface area contributed by atoms with Gasteiger partial charge in [-0.1, -0.05) is 121 Å². The highest BCUT2D eigenvalue weighted by Gasteiger charge is 2.39. The molecule has 4 aliphatic rings. The van der Waals surface area contributed by atoms with Crippen LogP contribution in [-0.2, 0) is 12.8 Å². The van der Waals surface area contributed by atoms with Crippen LogP contribution in [0.4, 0.5) is 0 Å².